The number of rotatable bonds is 6. The second-order valence-corrected chi connectivity index (χ2v) is 7.65. The highest BCUT2D eigenvalue weighted by atomic mass is 127. The van der Waals surface area contributed by atoms with Gasteiger partial charge >= 0.3 is 0 Å². The van der Waals surface area contributed by atoms with E-state index in [9.17, 15) is 4.79 Å². The third-order valence-electron chi connectivity index (χ3n) is 5.60. The van der Waals surface area contributed by atoms with Crippen LogP contribution < -0.4 is 16.0 Å². The molecule has 3 atom stereocenters. The number of para-hydroxylation sites is 1. The second-order valence-electron chi connectivity index (χ2n) is 7.65. The molecule has 0 radical (unpaired) electrons. The van der Waals surface area contributed by atoms with Crippen LogP contribution in [0.1, 0.15) is 42.7 Å². The Labute approximate surface area is 189 Å². The number of carbonyl (C=O) groups excluding carboxylic acids is 1. The summed E-state index contributed by atoms with van der Waals surface area (Å²) in [5.74, 6) is 2.34. The summed E-state index contributed by atoms with van der Waals surface area (Å²) in [5.41, 5.74) is 3.54. The number of hydrogen-bond acceptors (Lipinski definition) is 2. The number of halogens is 1. The first-order valence-corrected chi connectivity index (χ1v) is 10.2. The zero-order valence-corrected chi connectivity index (χ0v) is 19.1. The lowest BCUT2D eigenvalue weighted by atomic mass is 9.90. The average molecular weight is 504 g/mol. The third-order valence-corrected chi connectivity index (χ3v) is 5.60. The van der Waals surface area contributed by atoms with Crippen LogP contribution in [0.4, 0.5) is 5.69 Å². The maximum absolute atomic E-state index is 12.0. The molecule has 2 aliphatic rings. The van der Waals surface area contributed by atoms with Crippen molar-refractivity contribution < 1.29 is 4.79 Å². The van der Waals surface area contributed by atoms with Crippen LogP contribution in [0, 0.1) is 5.92 Å². The van der Waals surface area contributed by atoms with E-state index in [2.05, 4.69) is 59.3 Å². The molecule has 6 heteroatoms. The van der Waals surface area contributed by atoms with Gasteiger partial charge in [0.2, 0.25) is 5.91 Å². The van der Waals surface area contributed by atoms with Crippen LogP contribution in [-0.4, -0.2) is 31.5 Å². The molecule has 154 valence electrons. The van der Waals surface area contributed by atoms with Gasteiger partial charge in [0.15, 0.2) is 5.96 Å². The van der Waals surface area contributed by atoms with E-state index < -0.39 is 0 Å². The molecule has 2 aromatic carbocycles. The lowest BCUT2D eigenvalue weighted by molar-refractivity contribution is -0.116. The Morgan fingerprint density at radius 3 is 2.66 bits per heavy atom. The number of nitrogens with zero attached hydrogens (tertiary/aromatic N) is 1. The lowest BCUT2D eigenvalue weighted by Gasteiger charge is -2.26. The van der Waals surface area contributed by atoms with Crippen LogP contribution in [0.15, 0.2) is 59.6 Å². The number of hydrogen-bond donors (Lipinski definition) is 3. The molecule has 1 aliphatic carbocycles. The summed E-state index contributed by atoms with van der Waals surface area (Å²) in [6, 6.07) is 18.8. The minimum absolute atomic E-state index is 0. The molecule has 4 rings (SSSR count). The first-order valence-electron chi connectivity index (χ1n) is 10.2. The van der Waals surface area contributed by atoms with Crippen molar-refractivity contribution in [2.45, 2.75) is 31.6 Å². The van der Waals surface area contributed by atoms with Crippen molar-refractivity contribution in [1.82, 2.24) is 10.6 Å². The monoisotopic (exact) mass is 504 g/mol. The fourth-order valence-corrected chi connectivity index (χ4v) is 4.01. The molecular weight excluding hydrogens is 475 g/mol. The second kappa shape index (κ2) is 10.1. The topological polar surface area (TPSA) is 65.5 Å². The highest BCUT2D eigenvalue weighted by Gasteiger charge is 2.37. The molecule has 0 spiro atoms. The van der Waals surface area contributed by atoms with Gasteiger partial charge in [-0.05, 0) is 42.4 Å². The van der Waals surface area contributed by atoms with Crippen LogP contribution in [0.25, 0.3) is 0 Å². The summed E-state index contributed by atoms with van der Waals surface area (Å²) in [6.45, 7) is 4.42. The smallest absolute Gasteiger partial charge is 0.225 e. The molecule has 1 saturated carbocycles. The van der Waals surface area contributed by atoms with E-state index in [0.29, 0.717) is 24.8 Å². The van der Waals surface area contributed by atoms with Crippen LogP contribution in [0.2, 0.25) is 0 Å². The Balaban J connectivity index is 0.00000240. The Morgan fingerprint density at radius 2 is 1.86 bits per heavy atom. The zero-order chi connectivity index (χ0) is 19.3. The van der Waals surface area contributed by atoms with E-state index in [-0.39, 0.29) is 35.8 Å². The van der Waals surface area contributed by atoms with Gasteiger partial charge in [-0.15, -0.1) is 24.0 Å². The van der Waals surface area contributed by atoms with Crippen LogP contribution >= 0.6 is 24.0 Å². The van der Waals surface area contributed by atoms with Crippen LogP contribution in [-0.2, 0) is 4.79 Å². The van der Waals surface area contributed by atoms with Crippen molar-refractivity contribution in [1.29, 1.82) is 0 Å². The summed E-state index contributed by atoms with van der Waals surface area (Å²) >= 11 is 0. The molecule has 1 amide bonds. The quantitative estimate of drug-likeness (QED) is 0.316. The minimum Gasteiger partial charge on any atom is -0.357 e. The SMILES string of the molecule is CCNC(=NCC1CC1c1ccccc1)NCC1CC(=O)Nc2ccccc21.I. The Morgan fingerprint density at radius 1 is 1.10 bits per heavy atom. The highest BCUT2D eigenvalue weighted by molar-refractivity contribution is 14.0. The lowest BCUT2D eigenvalue weighted by Crippen LogP contribution is -2.40. The minimum atomic E-state index is 0. The third kappa shape index (κ3) is 5.50. The summed E-state index contributed by atoms with van der Waals surface area (Å²) in [7, 11) is 0. The van der Waals surface area contributed by atoms with E-state index in [1.807, 2.05) is 18.2 Å². The molecule has 5 nitrogen and oxygen atoms in total. The molecule has 3 unspecified atom stereocenters. The fraction of sp³-hybridized carbons (Fsp3) is 0.391. The van der Waals surface area contributed by atoms with E-state index in [1.54, 1.807) is 0 Å². The number of fused-ring (bicyclic) bond motifs is 1. The number of carbonyl (C=O) groups is 1. The standard InChI is InChI=1S/C23H28N4O.HI/c1-2-24-23(25-14-17-12-20(17)16-8-4-3-5-9-16)26-15-18-13-22(28)27-21-11-7-6-10-19(18)21;/h3-11,17-18,20H,2,12-15H2,1H3,(H,27,28)(H2,24,25,26);1H. The summed E-state index contributed by atoms with van der Waals surface area (Å²) in [5, 5.41) is 9.74. The fourth-order valence-electron chi connectivity index (χ4n) is 4.01. The molecule has 1 aliphatic heterocycles. The predicted molar refractivity (Wildman–Crippen MR) is 129 cm³/mol. The zero-order valence-electron chi connectivity index (χ0n) is 16.7. The molecule has 0 aromatic heterocycles. The van der Waals surface area contributed by atoms with Gasteiger partial charge in [0.1, 0.15) is 0 Å². The number of anilines is 1. The van der Waals surface area contributed by atoms with E-state index in [0.717, 1.165) is 24.7 Å². The van der Waals surface area contributed by atoms with Gasteiger partial charge < -0.3 is 16.0 Å². The van der Waals surface area contributed by atoms with Crippen LogP contribution in [0.5, 0.6) is 0 Å². The maximum atomic E-state index is 12.0. The van der Waals surface area contributed by atoms with Crippen molar-refractivity contribution in [3.05, 3.63) is 65.7 Å². The molecule has 3 N–H and O–H groups in total. The summed E-state index contributed by atoms with van der Waals surface area (Å²) in [4.78, 5) is 16.8. The van der Waals surface area contributed by atoms with E-state index in [1.165, 1.54) is 17.5 Å². The van der Waals surface area contributed by atoms with Gasteiger partial charge in [0.25, 0.3) is 0 Å². The van der Waals surface area contributed by atoms with E-state index in [4.69, 9.17) is 4.99 Å². The van der Waals surface area contributed by atoms with Crippen molar-refractivity contribution in [3.63, 3.8) is 0 Å². The Bertz CT molecular complexity index is 855. The van der Waals surface area contributed by atoms with Crippen LogP contribution in [0.3, 0.4) is 0 Å². The molecular formula is C23H29IN4O. The van der Waals surface area contributed by atoms with Crippen molar-refractivity contribution in [2.24, 2.45) is 10.9 Å². The maximum Gasteiger partial charge on any atom is 0.225 e. The van der Waals surface area contributed by atoms with Crippen molar-refractivity contribution in [3.8, 4) is 0 Å². The van der Waals surface area contributed by atoms with E-state index >= 15 is 0 Å². The van der Waals surface area contributed by atoms with Gasteiger partial charge in [-0.25, -0.2) is 0 Å². The highest BCUT2D eigenvalue weighted by Crippen LogP contribution is 2.47. The molecule has 0 bridgehead atoms. The van der Waals surface area contributed by atoms with Gasteiger partial charge in [-0.1, -0.05) is 48.5 Å². The first-order chi connectivity index (χ1) is 13.7. The van der Waals surface area contributed by atoms with Gasteiger partial charge in [0.05, 0.1) is 0 Å². The normalized spacial score (nSPS) is 22.7. The van der Waals surface area contributed by atoms with Gasteiger partial charge in [0, 0.05) is 37.7 Å². The number of nitrogens with one attached hydrogen (secondary N) is 3. The van der Waals surface area contributed by atoms with Crippen molar-refractivity contribution in [2.75, 3.05) is 25.0 Å². The largest absolute Gasteiger partial charge is 0.357 e. The average Bonchev–Trinajstić information content (AvgIpc) is 3.50. The number of guanidine groups is 1. The summed E-state index contributed by atoms with van der Waals surface area (Å²) < 4.78 is 0. The molecule has 2 aromatic rings. The Kier molecular flexibility index (Phi) is 7.52. The Hall–Kier alpha value is -2.09. The van der Waals surface area contributed by atoms with Crippen molar-refractivity contribution >= 4 is 41.5 Å². The molecule has 1 fully saturated rings. The first kappa shape index (κ1) is 21.6. The van der Waals surface area contributed by atoms with Gasteiger partial charge in [-0.2, -0.15) is 0 Å². The summed E-state index contributed by atoms with van der Waals surface area (Å²) in [6.07, 6.45) is 1.71. The number of aliphatic imine (C=N–C) groups is 1. The number of amides is 1. The predicted octanol–water partition coefficient (Wildman–Crippen LogP) is 4.09. The number of benzene rings is 2. The molecule has 29 heavy (non-hydrogen) atoms. The van der Waals surface area contributed by atoms with Gasteiger partial charge in [-0.3, -0.25) is 9.79 Å². The molecule has 1 heterocycles. The molecule has 0 saturated heterocycles.